The number of carbonyl (C=O) groups is 1. The van der Waals surface area contributed by atoms with E-state index in [4.69, 9.17) is 24.9 Å². The Morgan fingerprint density at radius 1 is 1.09 bits per heavy atom. The highest BCUT2D eigenvalue weighted by Crippen LogP contribution is 2.45. The molecule has 0 aliphatic carbocycles. The zero-order chi connectivity index (χ0) is 23.7. The van der Waals surface area contributed by atoms with Gasteiger partial charge in [-0.2, -0.15) is 4.98 Å². The van der Waals surface area contributed by atoms with E-state index in [1.807, 2.05) is 41.3 Å². The summed E-state index contributed by atoms with van der Waals surface area (Å²) in [5, 5.41) is 0.722. The number of benzene rings is 2. The molecule has 1 aromatic heterocycles. The molecule has 1 unspecified atom stereocenters. The van der Waals surface area contributed by atoms with Crippen molar-refractivity contribution in [2.24, 2.45) is 0 Å². The summed E-state index contributed by atoms with van der Waals surface area (Å²) in [6.07, 6.45) is 1.45. The summed E-state index contributed by atoms with van der Waals surface area (Å²) in [5.74, 6) is 2.16. The highest BCUT2D eigenvalue weighted by Gasteiger charge is 2.31. The smallest absolute Gasteiger partial charge is 0.251 e. The van der Waals surface area contributed by atoms with Gasteiger partial charge in [0.2, 0.25) is 5.95 Å². The second kappa shape index (κ2) is 9.34. The summed E-state index contributed by atoms with van der Waals surface area (Å²) >= 11 is 0. The Morgan fingerprint density at radius 3 is 2.50 bits per heavy atom. The standard InChI is InChI=1S/C25H29N5O4/c1-32-19-15-17-21(20(22(19)33-2)16-7-4-3-5-8-16)23(26)28-25(27-17)30-12-10-29(11-13-30)24(31)18-9-6-14-34-18/h3-5,7-8,15,18H,6,9-14H2,1-2H3,(H2,26,27,28). The molecule has 0 bridgehead atoms. The molecule has 1 atom stereocenters. The SMILES string of the molecule is COc1cc2nc(N3CCN(C(=O)C4CCCO4)CC3)nc(N)c2c(-c2ccccc2)c1OC. The van der Waals surface area contributed by atoms with E-state index in [-0.39, 0.29) is 12.0 Å². The molecule has 34 heavy (non-hydrogen) atoms. The van der Waals surface area contributed by atoms with Gasteiger partial charge in [0.1, 0.15) is 11.9 Å². The fraction of sp³-hybridized carbons (Fsp3) is 0.400. The van der Waals surface area contributed by atoms with Crippen LogP contribution in [0.5, 0.6) is 11.5 Å². The van der Waals surface area contributed by atoms with Gasteiger partial charge in [-0.3, -0.25) is 4.79 Å². The van der Waals surface area contributed by atoms with E-state index < -0.39 is 0 Å². The van der Waals surface area contributed by atoms with E-state index in [0.717, 1.165) is 29.4 Å². The molecule has 0 saturated carbocycles. The van der Waals surface area contributed by atoms with E-state index in [0.29, 0.717) is 61.6 Å². The molecule has 1 amide bonds. The van der Waals surface area contributed by atoms with Crippen LogP contribution in [0.4, 0.5) is 11.8 Å². The van der Waals surface area contributed by atoms with E-state index in [2.05, 4.69) is 9.88 Å². The third kappa shape index (κ3) is 3.96. The Kier molecular flexibility index (Phi) is 6.10. The molecule has 9 heteroatoms. The topological polar surface area (TPSA) is 103 Å². The summed E-state index contributed by atoms with van der Waals surface area (Å²) in [6, 6.07) is 11.7. The van der Waals surface area contributed by atoms with Crippen molar-refractivity contribution in [2.75, 3.05) is 57.6 Å². The second-order valence-electron chi connectivity index (χ2n) is 8.47. The van der Waals surface area contributed by atoms with Crippen LogP contribution in [0, 0.1) is 0 Å². The predicted molar refractivity (Wildman–Crippen MR) is 130 cm³/mol. The lowest BCUT2D eigenvalue weighted by Gasteiger charge is -2.35. The monoisotopic (exact) mass is 463 g/mol. The second-order valence-corrected chi connectivity index (χ2v) is 8.47. The zero-order valence-electron chi connectivity index (χ0n) is 19.5. The molecule has 2 N–H and O–H groups in total. The Hall–Kier alpha value is -3.59. The first-order valence-corrected chi connectivity index (χ1v) is 11.5. The lowest BCUT2D eigenvalue weighted by atomic mass is 9.99. The molecular weight excluding hydrogens is 434 g/mol. The molecular formula is C25H29N5O4. The molecule has 178 valence electrons. The fourth-order valence-corrected chi connectivity index (χ4v) is 4.75. The van der Waals surface area contributed by atoms with Gasteiger partial charge >= 0.3 is 0 Å². The number of rotatable bonds is 5. The van der Waals surface area contributed by atoms with Gasteiger partial charge in [-0.1, -0.05) is 30.3 Å². The Morgan fingerprint density at radius 2 is 1.85 bits per heavy atom. The minimum Gasteiger partial charge on any atom is -0.493 e. The van der Waals surface area contributed by atoms with E-state index in [1.165, 1.54) is 0 Å². The molecule has 9 nitrogen and oxygen atoms in total. The number of hydrogen-bond donors (Lipinski definition) is 1. The number of nitrogens with zero attached hydrogens (tertiary/aromatic N) is 4. The highest BCUT2D eigenvalue weighted by molar-refractivity contribution is 6.05. The summed E-state index contributed by atoms with van der Waals surface area (Å²) in [6.45, 7) is 3.12. The number of piperazine rings is 1. The van der Waals surface area contributed by atoms with Crippen LogP contribution < -0.4 is 20.1 Å². The molecule has 2 saturated heterocycles. The van der Waals surface area contributed by atoms with Crippen LogP contribution >= 0.6 is 0 Å². The summed E-state index contributed by atoms with van der Waals surface area (Å²) in [4.78, 5) is 26.1. The quantitative estimate of drug-likeness (QED) is 0.616. The van der Waals surface area contributed by atoms with Crippen LogP contribution in [0.15, 0.2) is 36.4 Å². The minimum atomic E-state index is -0.294. The van der Waals surface area contributed by atoms with Crippen LogP contribution in [-0.2, 0) is 9.53 Å². The molecule has 3 heterocycles. The molecule has 0 spiro atoms. The van der Waals surface area contributed by atoms with Crippen LogP contribution in [0.3, 0.4) is 0 Å². The van der Waals surface area contributed by atoms with Crippen LogP contribution in [-0.4, -0.2) is 73.9 Å². The Labute approximate surface area is 198 Å². The van der Waals surface area contributed by atoms with Crippen molar-refractivity contribution in [3.63, 3.8) is 0 Å². The van der Waals surface area contributed by atoms with Crippen molar-refractivity contribution >= 4 is 28.6 Å². The van der Waals surface area contributed by atoms with Crippen molar-refractivity contribution < 1.29 is 19.0 Å². The van der Waals surface area contributed by atoms with Crippen LogP contribution in [0.25, 0.3) is 22.0 Å². The number of methoxy groups -OCH3 is 2. The van der Waals surface area contributed by atoms with Gasteiger partial charge in [-0.15, -0.1) is 0 Å². The van der Waals surface area contributed by atoms with Crippen molar-refractivity contribution in [1.29, 1.82) is 0 Å². The highest BCUT2D eigenvalue weighted by atomic mass is 16.5. The zero-order valence-corrected chi connectivity index (χ0v) is 19.5. The minimum absolute atomic E-state index is 0.0837. The first kappa shape index (κ1) is 22.2. The maximum absolute atomic E-state index is 12.7. The van der Waals surface area contributed by atoms with Crippen LogP contribution in [0.1, 0.15) is 12.8 Å². The Balaban J connectivity index is 1.48. The van der Waals surface area contributed by atoms with E-state index >= 15 is 0 Å². The molecule has 2 aliphatic heterocycles. The maximum atomic E-state index is 12.7. The maximum Gasteiger partial charge on any atom is 0.251 e. The number of anilines is 2. The lowest BCUT2D eigenvalue weighted by molar-refractivity contribution is -0.141. The largest absolute Gasteiger partial charge is 0.493 e. The van der Waals surface area contributed by atoms with E-state index in [1.54, 1.807) is 14.2 Å². The van der Waals surface area contributed by atoms with Gasteiger partial charge in [-0.25, -0.2) is 4.98 Å². The summed E-state index contributed by atoms with van der Waals surface area (Å²) in [5.41, 5.74) is 8.93. The normalized spacial score (nSPS) is 18.4. The molecule has 2 fully saturated rings. The summed E-state index contributed by atoms with van der Waals surface area (Å²) in [7, 11) is 3.22. The van der Waals surface area contributed by atoms with Gasteiger partial charge in [0.25, 0.3) is 5.91 Å². The fourth-order valence-electron chi connectivity index (χ4n) is 4.75. The van der Waals surface area contributed by atoms with Gasteiger partial charge in [-0.05, 0) is 18.4 Å². The molecule has 2 aliphatic rings. The van der Waals surface area contributed by atoms with Gasteiger partial charge in [0, 0.05) is 44.4 Å². The molecule has 3 aromatic rings. The predicted octanol–water partition coefficient (Wildman–Crippen LogP) is 2.72. The van der Waals surface area contributed by atoms with Crippen LogP contribution in [0.2, 0.25) is 0 Å². The molecule has 2 aromatic carbocycles. The molecule has 0 radical (unpaired) electrons. The van der Waals surface area contributed by atoms with Gasteiger partial charge in [0.15, 0.2) is 11.5 Å². The number of nitrogen functional groups attached to an aromatic ring is 1. The third-order valence-corrected chi connectivity index (χ3v) is 6.49. The van der Waals surface area contributed by atoms with Gasteiger partial charge in [0.05, 0.1) is 25.1 Å². The number of fused-ring (bicyclic) bond motifs is 1. The first-order valence-electron chi connectivity index (χ1n) is 11.5. The van der Waals surface area contributed by atoms with Crippen molar-refractivity contribution in [2.45, 2.75) is 18.9 Å². The number of hydrogen-bond acceptors (Lipinski definition) is 8. The average molecular weight is 464 g/mol. The van der Waals surface area contributed by atoms with Gasteiger partial charge < -0.3 is 29.7 Å². The number of nitrogens with two attached hydrogens (primary N) is 1. The van der Waals surface area contributed by atoms with Crippen molar-refractivity contribution in [3.05, 3.63) is 36.4 Å². The van der Waals surface area contributed by atoms with Crippen molar-refractivity contribution in [1.82, 2.24) is 14.9 Å². The molecule has 5 rings (SSSR count). The Bertz CT molecular complexity index is 1190. The first-order chi connectivity index (χ1) is 16.6. The third-order valence-electron chi connectivity index (χ3n) is 6.49. The van der Waals surface area contributed by atoms with E-state index in [9.17, 15) is 4.79 Å². The number of aromatic nitrogens is 2. The lowest BCUT2D eigenvalue weighted by Crippen LogP contribution is -2.51. The summed E-state index contributed by atoms with van der Waals surface area (Å²) < 4.78 is 16.9. The van der Waals surface area contributed by atoms with Crippen molar-refractivity contribution in [3.8, 4) is 22.6 Å². The number of amides is 1. The number of ether oxygens (including phenoxy) is 3. The number of carbonyl (C=O) groups excluding carboxylic acids is 1. The average Bonchev–Trinajstić information content (AvgIpc) is 3.42.